The van der Waals surface area contributed by atoms with E-state index in [1.165, 1.54) is 42.3 Å². The third-order valence-corrected chi connectivity index (χ3v) is 4.25. The lowest BCUT2D eigenvalue weighted by Gasteiger charge is -2.18. The van der Waals surface area contributed by atoms with Crippen molar-refractivity contribution in [1.29, 1.82) is 0 Å². The van der Waals surface area contributed by atoms with Crippen LogP contribution in [0.4, 0.5) is 0 Å². The minimum absolute atomic E-state index is 0.550. The van der Waals surface area contributed by atoms with E-state index in [0.717, 1.165) is 12.2 Å². The highest BCUT2D eigenvalue weighted by atomic mass is 32.2. The Hall–Kier alpha value is -1.29. The summed E-state index contributed by atoms with van der Waals surface area (Å²) in [5, 5.41) is 9.04. The lowest BCUT2D eigenvalue weighted by Crippen LogP contribution is -2.16. The van der Waals surface area contributed by atoms with E-state index in [-0.39, 0.29) is 0 Å². The summed E-state index contributed by atoms with van der Waals surface area (Å²) in [5.41, 5.74) is 8.35. The van der Waals surface area contributed by atoms with Crippen LogP contribution >= 0.6 is 11.8 Å². The van der Waals surface area contributed by atoms with Crippen molar-refractivity contribution in [1.82, 2.24) is 0 Å². The van der Waals surface area contributed by atoms with E-state index in [1.54, 1.807) is 0 Å². The Labute approximate surface area is 119 Å². The molecule has 1 aromatic rings. The summed E-state index contributed by atoms with van der Waals surface area (Å²) in [6.45, 7) is 2.22. The number of amidine groups is 1. The zero-order valence-corrected chi connectivity index (χ0v) is 12.2. The molecule has 0 spiro atoms. The largest absolute Gasteiger partial charge is 0.377 e. The van der Waals surface area contributed by atoms with Gasteiger partial charge in [-0.05, 0) is 30.7 Å². The average Bonchev–Trinajstić information content (AvgIpc) is 2.45. The van der Waals surface area contributed by atoms with Crippen molar-refractivity contribution in [3.63, 3.8) is 0 Å². The van der Waals surface area contributed by atoms with Gasteiger partial charge in [-0.1, -0.05) is 55.4 Å². The quantitative estimate of drug-likeness (QED) is 0.518. The molecule has 1 atom stereocenters. The van der Waals surface area contributed by atoms with Gasteiger partial charge in [-0.25, -0.2) is 0 Å². The fourth-order valence-electron chi connectivity index (χ4n) is 2.19. The Morgan fingerprint density at radius 3 is 2.84 bits per heavy atom. The maximum atomic E-state index is 5.89. The molecule has 1 aliphatic rings. The second-order valence-electron chi connectivity index (χ2n) is 4.95. The van der Waals surface area contributed by atoms with Gasteiger partial charge in [-0.15, -0.1) is 5.10 Å². The highest BCUT2D eigenvalue weighted by molar-refractivity contribution is 8.13. The van der Waals surface area contributed by atoms with Gasteiger partial charge in [0.1, 0.15) is 0 Å². The van der Waals surface area contributed by atoms with Crippen LogP contribution in [-0.2, 0) is 5.75 Å². The monoisotopic (exact) mass is 275 g/mol. The van der Waals surface area contributed by atoms with Gasteiger partial charge in [0.05, 0.1) is 0 Å². The third kappa shape index (κ3) is 4.71. The molecule has 4 heteroatoms. The first kappa shape index (κ1) is 14.1. The van der Waals surface area contributed by atoms with Gasteiger partial charge in [0.25, 0.3) is 0 Å². The number of rotatable bonds is 3. The molecular weight excluding hydrogens is 254 g/mol. The Bertz CT molecular complexity index is 454. The third-order valence-electron chi connectivity index (χ3n) is 3.40. The van der Waals surface area contributed by atoms with E-state index in [2.05, 4.69) is 29.3 Å². The lowest BCUT2D eigenvalue weighted by molar-refractivity contribution is 0.557. The van der Waals surface area contributed by atoms with Gasteiger partial charge >= 0.3 is 0 Å². The van der Waals surface area contributed by atoms with E-state index >= 15 is 0 Å². The molecule has 0 amide bonds. The fourth-order valence-corrected chi connectivity index (χ4v) is 2.80. The second-order valence-corrected chi connectivity index (χ2v) is 5.95. The number of benzene rings is 1. The molecule has 2 rings (SSSR count). The summed E-state index contributed by atoms with van der Waals surface area (Å²) in [4.78, 5) is 0. The van der Waals surface area contributed by atoms with Gasteiger partial charge in [-0.2, -0.15) is 5.10 Å². The smallest absolute Gasteiger partial charge is 0.180 e. The predicted octanol–water partition coefficient (Wildman–Crippen LogP) is 3.80. The van der Waals surface area contributed by atoms with Gasteiger partial charge < -0.3 is 5.73 Å². The number of nitrogens with zero attached hydrogens (tertiary/aromatic N) is 2. The van der Waals surface area contributed by atoms with Crippen LogP contribution in [0.2, 0.25) is 0 Å². The van der Waals surface area contributed by atoms with Crippen LogP contribution in [-0.4, -0.2) is 10.9 Å². The van der Waals surface area contributed by atoms with Crippen LogP contribution in [0, 0.1) is 5.92 Å². The minimum Gasteiger partial charge on any atom is -0.377 e. The van der Waals surface area contributed by atoms with Crippen LogP contribution in [0.5, 0.6) is 0 Å². The van der Waals surface area contributed by atoms with Crippen molar-refractivity contribution in [2.45, 2.75) is 38.4 Å². The van der Waals surface area contributed by atoms with Gasteiger partial charge in [-0.3, -0.25) is 0 Å². The normalized spacial score (nSPS) is 22.7. The lowest BCUT2D eigenvalue weighted by atomic mass is 9.89. The molecule has 19 heavy (non-hydrogen) atoms. The number of thioether (sulfide) groups is 1. The van der Waals surface area contributed by atoms with E-state index in [9.17, 15) is 0 Å². The maximum Gasteiger partial charge on any atom is 0.180 e. The molecule has 2 N–H and O–H groups in total. The molecule has 1 saturated carbocycles. The van der Waals surface area contributed by atoms with Gasteiger partial charge in [0.2, 0.25) is 0 Å². The van der Waals surface area contributed by atoms with Crippen LogP contribution in [0.25, 0.3) is 0 Å². The van der Waals surface area contributed by atoms with E-state index in [1.807, 2.05) is 18.2 Å². The predicted molar refractivity (Wildman–Crippen MR) is 84.4 cm³/mol. The summed E-state index contributed by atoms with van der Waals surface area (Å²) in [6, 6.07) is 10.3. The molecule has 0 aromatic heterocycles. The molecule has 1 aromatic carbocycles. The van der Waals surface area contributed by atoms with Crippen molar-refractivity contribution in [2.24, 2.45) is 21.9 Å². The number of hydrogen-bond acceptors (Lipinski definition) is 3. The summed E-state index contributed by atoms with van der Waals surface area (Å²) in [7, 11) is 0. The van der Waals surface area contributed by atoms with Crippen LogP contribution in [0.1, 0.15) is 38.2 Å². The van der Waals surface area contributed by atoms with Crippen molar-refractivity contribution in [3.05, 3.63) is 35.9 Å². The van der Waals surface area contributed by atoms with E-state index in [4.69, 9.17) is 5.73 Å². The Balaban J connectivity index is 1.87. The second kappa shape index (κ2) is 7.34. The Morgan fingerprint density at radius 2 is 2.11 bits per heavy atom. The highest BCUT2D eigenvalue weighted by Gasteiger charge is 2.15. The summed E-state index contributed by atoms with van der Waals surface area (Å²) in [5.74, 6) is 1.40. The first-order valence-electron chi connectivity index (χ1n) is 6.82. The van der Waals surface area contributed by atoms with Crippen LogP contribution in [0.3, 0.4) is 0 Å². The molecule has 0 saturated heterocycles. The number of hydrogen-bond donors (Lipinski definition) is 1. The molecule has 3 nitrogen and oxygen atoms in total. The molecule has 1 unspecified atom stereocenters. The van der Waals surface area contributed by atoms with Crippen molar-refractivity contribution in [3.8, 4) is 0 Å². The summed E-state index contributed by atoms with van der Waals surface area (Å²) >= 11 is 1.54. The van der Waals surface area contributed by atoms with Crippen LogP contribution in [0.15, 0.2) is 40.5 Å². The molecule has 102 valence electrons. The van der Waals surface area contributed by atoms with Gasteiger partial charge in [0.15, 0.2) is 5.17 Å². The zero-order chi connectivity index (χ0) is 13.5. The topological polar surface area (TPSA) is 50.7 Å². The van der Waals surface area contributed by atoms with E-state index in [0.29, 0.717) is 11.1 Å². The fraction of sp³-hybridized carbons (Fsp3) is 0.467. The first-order valence-corrected chi connectivity index (χ1v) is 7.81. The first-order chi connectivity index (χ1) is 9.25. The minimum atomic E-state index is 0.550. The molecular formula is C15H21N3S. The average molecular weight is 275 g/mol. The molecule has 0 bridgehead atoms. The molecule has 0 aliphatic heterocycles. The SMILES string of the molecule is CC1CCCC/C1=N\N=C(/N)SCc1ccccc1. The molecule has 0 radical (unpaired) electrons. The maximum absolute atomic E-state index is 5.89. The van der Waals surface area contributed by atoms with Crippen LogP contribution < -0.4 is 5.73 Å². The Morgan fingerprint density at radius 1 is 1.32 bits per heavy atom. The van der Waals surface area contributed by atoms with Crippen molar-refractivity contribution >= 4 is 22.6 Å². The standard InChI is InChI=1S/C15H21N3S/c1-12-7-5-6-10-14(12)17-18-15(16)19-11-13-8-3-2-4-9-13/h2-4,8-9,12H,5-7,10-11H2,1H3,(H2,16,18)/b17-14+. The molecule has 1 aliphatic carbocycles. The number of nitrogens with two attached hydrogens (primary N) is 1. The molecule has 0 heterocycles. The molecule has 1 fully saturated rings. The summed E-state index contributed by atoms with van der Waals surface area (Å²) in [6.07, 6.45) is 4.84. The highest BCUT2D eigenvalue weighted by Crippen LogP contribution is 2.21. The summed E-state index contributed by atoms with van der Waals surface area (Å²) < 4.78 is 0. The van der Waals surface area contributed by atoms with E-state index < -0.39 is 0 Å². The van der Waals surface area contributed by atoms with Gasteiger partial charge in [0, 0.05) is 11.5 Å². The van der Waals surface area contributed by atoms with Crippen molar-refractivity contribution < 1.29 is 0 Å². The Kier molecular flexibility index (Phi) is 5.45. The zero-order valence-electron chi connectivity index (χ0n) is 11.4. The van der Waals surface area contributed by atoms with Crippen molar-refractivity contribution in [2.75, 3.05) is 0 Å².